The molecule has 0 aromatic carbocycles. The van der Waals surface area contributed by atoms with Gasteiger partial charge in [-0.25, -0.2) is 0 Å². The van der Waals surface area contributed by atoms with Gasteiger partial charge in [-0.3, -0.25) is 4.79 Å². The molecule has 0 radical (unpaired) electrons. The van der Waals surface area contributed by atoms with E-state index in [-0.39, 0.29) is 10.7 Å². The summed E-state index contributed by atoms with van der Waals surface area (Å²) in [5.74, 6) is 0.605. The zero-order valence-corrected chi connectivity index (χ0v) is 10.2. The molecule has 2 nitrogen and oxygen atoms in total. The van der Waals surface area contributed by atoms with Crippen LogP contribution in [0.25, 0.3) is 0 Å². The first-order valence-corrected chi connectivity index (χ1v) is 6.72. The molecule has 1 rings (SSSR count). The minimum absolute atomic E-state index is 0.255. The highest BCUT2D eigenvalue weighted by Crippen LogP contribution is 2.31. The Balaban J connectivity index is 2.34. The van der Waals surface area contributed by atoms with Gasteiger partial charge in [0.25, 0.3) is 0 Å². The lowest BCUT2D eigenvalue weighted by Gasteiger charge is -2.29. The van der Waals surface area contributed by atoms with Crippen LogP contribution in [0, 0.1) is 5.92 Å². The molecule has 0 saturated heterocycles. The fraction of sp³-hybridized carbons (Fsp3) is 0.909. The van der Waals surface area contributed by atoms with Gasteiger partial charge in [0.05, 0.1) is 0 Å². The number of hydrogen-bond acceptors (Lipinski definition) is 2. The predicted molar refractivity (Wildman–Crippen MR) is 62.6 cm³/mol. The molecule has 0 atom stereocenters. The Bertz CT molecular complexity index is 189. The maximum atomic E-state index is 11.5. The van der Waals surface area contributed by atoms with Crippen molar-refractivity contribution in [3.8, 4) is 0 Å². The summed E-state index contributed by atoms with van der Waals surface area (Å²) in [4.78, 5) is 11.5. The van der Waals surface area contributed by atoms with Crippen LogP contribution in [0.1, 0.15) is 39.5 Å². The first-order chi connectivity index (χ1) is 6.67. The zero-order chi connectivity index (χ0) is 10.6. The average molecular weight is 215 g/mol. The van der Waals surface area contributed by atoms with Crippen LogP contribution >= 0.6 is 11.8 Å². The molecule has 1 amide bonds. The van der Waals surface area contributed by atoms with Gasteiger partial charge in [0, 0.05) is 17.2 Å². The van der Waals surface area contributed by atoms with Crippen LogP contribution in [-0.4, -0.2) is 23.5 Å². The number of thioether (sulfide) groups is 1. The molecule has 3 heteroatoms. The molecule has 82 valence electrons. The van der Waals surface area contributed by atoms with E-state index < -0.39 is 0 Å². The van der Waals surface area contributed by atoms with Crippen LogP contribution in [0.2, 0.25) is 0 Å². The summed E-state index contributed by atoms with van der Waals surface area (Å²) in [6.07, 6.45) is 6.56. The molecule has 1 saturated carbocycles. The third kappa shape index (κ3) is 2.91. The summed E-state index contributed by atoms with van der Waals surface area (Å²) in [7, 11) is 0. The summed E-state index contributed by atoms with van der Waals surface area (Å²) < 4.78 is 0.255. The molecule has 1 aliphatic carbocycles. The van der Waals surface area contributed by atoms with Crippen LogP contribution in [-0.2, 0) is 4.79 Å². The lowest BCUT2D eigenvalue weighted by atomic mass is 10.0. The number of hydrogen-bond donors (Lipinski definition) is 1. The van der Waals surface area contributed by atoms with Gasteiger partial charge in [-0.15, -0.1) is 0 Å². The Labute approximate surface area is 91.2 Å². The Morgan fingerprint density at radius 2 is 2.00 bits per heavy atom. The van der Waals surface area contributed by atoms with Gasteiger partial charge < -0.3 is 5.32 Å². The van der Waals surface area contributed by atoms with Crippen molar-refractivity contribution in [1.82, 2.24) is 5.32 Å². The van der Waals surface area contributed by atoms with Crippen molar-refractivity contribution in [2.45, 2.75) is 44.3 Å². The van der Waals surface area contributed by atoms with Gasteiger partial charge in [0.15, 0.2) is 0 Å². The van der Waals surface area contributed by atoms with Crippen molar-refractivity contribution >= 4 is 17.7 Å². The Hall–Kier alpha value is -0.180. The molecule has 1 N–H and O–H groups in total. The van der Waals surface area contributed by atoms with Crippen molar-refractivity contribution < 1.29 is 4.79 Å². The quantitative estimate of drug-likeness (QED) is 0.737. The van der Waals surface area contributed by atoms with E-state index >= 15 is 0 Å². The van der Waals surface area contributed by atoms with Crippen molar-refractivity contribution in [2.24, 2.45) is 5.92 Å². The van der Waals surface area contributed by atoms with Crippen molar-refractivity contribution in [1.29, 1.82) is 0 Å². The third-order valence-electron chi connectivity index (χ3n) is 3.25. The number of rotatable bonds is 6. The summed E-state index contributed by atoms with van der Waals surface area (Å²) in [5.41, 5.74) is 0. The highest BCUT2D eigenvalue weighted by atomic mass is 32.2. The molecule has 0 aliphatic heterocycles. The van der Waals surface area contributed by atoms with Crippen LogP contribution in [0.15, 0.2) is 0 Å². The lowest BCUT2D eigenvalue weighted by molar-refractivity contribution is -0.122. The van der Waals surface area contributed by atoms with E-state index in [0.717, 1.165) is 32.2 Å². The molecule has 0 aromatic heterocycles. The average Bonchev–Trinajstić information content (AvgIpc) is 3.04. The standard InChI is InChI=1S/C11H21NOS/c1-4-11(5-2,14-3)8-12-10(13)9-6-7-9/h9H,4-8H2,1-3H3,(H,12,13). The van der Waals surface area contributed by atoms with E-state index in [1.54, 1.807) is 0 Å². The van der Waals surface area contributed by atoms with E-state index in [1.165, 1.54) is 0 Å². The van der Waals surface area contributed by atoms with Crippen molar-refractivity contribution in [3.63, 3.8) is 0 Å². The fourth-order valence-corrected chi connectivity index (χ4v) is 2.39. The fourth-order valence-electron chi connectivity index (χ4n) is 1.60. The largest absolute Gasteiger partial charge is 0.354 e. The predicted octanol–water partition coefficient (Wildman–Crippen LogP) is 2.43. The van der Waals surface area contributed by atoms with Crippen LogP contribution < -0.4 is 5.32 Å². The first-order valence-electron chi connectivity index (χ1n) is 5.50. The summed E-state index contributed by atoms with van der Waals surface area (Å²) in [6.45, 7) is 5.23. The van der Waals surface area contributed by atoms with Gasteiger partial charge in [0.1, 0.15) is 0 Å². The van der Waals surface area contributed by atoms with Gasteiger partial charge in [-0.1, -0.05) is 13.8 Å². The third-order valence-corrected chi connectivity index (χ3v) is 4.84. The van der Waals surface area contributed by atoms with Crippen molar-refractivity contribution in [2.75, 3.05) is 12.8 Å². The van der Waals surface area contributed by atoms with Crippen LogP contribution in [0.4, 0.5) is 0 Å². The molecule has 0 unspecified atom stereocenters. The second-order valence-corrected chi connectivity index (χ2v) is 5.36. The second kappa shape index (κ2) is 5.06. The highest BCUT2D eigenvalue weighted by Gasteiger charge is 2.32. The summed E-state index contributed by atoms with van der Waals surface area (Å²) in [6, 6.07) is 0. The normalized spacial score (nSPS) is 16.8. The summed E-state index contributed by atoms with van der Waals surface area (Å²) in [5, 5.41) is 3.08. The van der Waals surface area contributed by atoms with E-state index in [4.69, 9.17) is 0 Å². The van der Waals surface area contributed by atoms with Gasteiger partial charge >= 0.3 is 0 Å². The molecular weight excluding hydrogens is 194 g/mol. The number of carbonyl (C=O) groups excluding carboxylic acids is 1. The van der Waals surface area contributed by atoms with E-state index in [9.17, 15) is 4.79 Å². The monoisotopic (exact) mass is 215 g/mol. The number of carbonyl (C=O) groups is 1. The molecule has 0 bridgehead atoms. The number of nitrogens with one attached hydrogen (secondary N) is 1. The highest BCUT2D eigenvalue weighted by molar-refractivity contribution is 8.00. The van der Waals surface area contributed by atoms with Crippen molar-refractivity contribution in [3.05, 3.63) is 0 Å². The Morgan fingerprint density at radius 1 is 1.43 bits per heavy atom. The first kappa shape index (κ1) is 11.9. The molecule has 0 heterocycles. The smallest absolute Gasteiger partial charge is 0.223 e. The molecule has 0 aromatic rings. The molecule has 1 fully saturated rings. The minimum Gasteiger partial charge on any atom is -0.354 e. The Morgan fingerprint density at radius 3 is 2.36 bits per heavy atom. The van der Waals surface area contributed by atoms with Crippen LogP contribution in [0.3, 0.4) is 0 Å². The maximum Gasteiger partial charge on any atom is 0.223 e. The van der Waals surface area contributed by atoms with Gasteiger partial charge in [-0.05, 0) is 31.9 Å². The lowest BCUT2D eigenvalue weighted by Crippen LogP contribution is -2.40. The molecule has 0 spiro atoms. The number of amides is 1. The van der Waals surface area contributed by atoms with E-state index in [0.29, 0.717) is 5.92 Å². The summed E-state index contributed by atoms with van der Waals surface area (Å²) >= 11 is 1.88. The second-order valence-electron chi connectivity index (χ2n) is 4.09. The molecule has 1 aliphatic rings. The minimum atomic E-state index is 0.255. The van der Waals surface area contributed by atoms with E-state index in [2.05, 4.69) is 25.4 Å². The van der Waals surface area contributed by atoms with E-state index in [1.807, 2.05) is 11.8 Å². The van der Waals surface area contributed by atoms with Gasteiger partial charge in [-0.2, -0.15) is 11.8 Å². The maximum absolute atomic E-state index is 11.5. The zero-order valence-electron chi connectivity index (χ0n) is 9.43. The SMILES string of the molecule is CCC(CC)(CNC(=O)C1CC1)SC. The molecular formula is C11H21NOS. The van der Waals surface area contributed by atoms with Crippen LogP contribution in [0.5, 0.6) is 0 Å². The Kier molecular flexibility index (Phi) is 4.30. The van der Waals surface area contributed by atoms with Gasteiger partial charge in [0.2, 0.25) is 5.91 Å². The molecule has 14 heavy (non-hydrogen) atoms. The topological polar surface area (TPSA) is 29.1 Å².